The van der Waals surface area contributed by atoms with Crippen LogP contribution in [0, 0.1) is 5.82 Å². The van der Waals surface area contributed by atoms with Crippen LogP contribution >= 0.6 is 15.9 Å². The highest BCUT2D eigenvalue weighted by Crippen LogP contribution is 2.35. The summed E-state index contributed by atoms with van der Waals surface area (Å²) in [6.45, 7) is 2.77. The van der Waals surface area contributed by atoms with E-state index in [1.807, 2.05) is 25.1 Å². The third-order valence-corrected chi connectivity index (χ3v) is 3.99. The van der Waals surface area contributed by atoms with Crippen LogP contribution in [0.1, 0.15) is 24.1 Å². The molecule has 0 amide bonds. The minimum atomic E-state index is -0.212. The van der Waals surface area contributed by atoms with Crippen LogP contribution in [0.15, 0.2) is 40.9 Å². The van der Waals surface area contributed by atoms with Gasteiger partial charge in [0.15, 0.2) is 11.5 Å². The highest BCUT2D eigenvalue weighted by Gasteiger charge is 2.18. The number of benzene rings is 2. The van der Waals surface area contributed by atoms with Gasteiger partial charge in [0.1, 0.15) is 5.82 Å². The molecule has 0 aliphatic carbocycles. The number of fused-ring (bicyclic) bond motifs is 1. The summed E-state index contributed by atoms with van der Waals surface area (Å²) in [7, 11) is 0. The van der Waals surface area contributed by atoms with Gasteiger partial charge in [0.05, 0.1) is 0 Å². The number of para-hydroxylation sites is 1. The Balaban J connectivity index is 1.73. The summed E-state index contributed by atoms with van der Waals surface area (Å²) >= 11 is 3.37. The average molecular weight is 352 g/mol. The summed E-state index contributed by atoms with van der Waals surface area (Å²) in [5.74, 6) is 1.32. The predicted molar refractivity (Wildman–Crippen MR) is 81.9 cm³/mol. The van der Waals surface area contributed by atoms with Crippen molar-refractivity contribution in [3.05, 3.63) is 57.8 Å². The van der Waals surface area contributed by atoms with Crippen LogP contribution < -0.4 is 14.8 Å². The second-order valence-electron chi connectivity index (χ2n) is 4.92. The molecule has 1 unspecified atom stereocenters. The summed E-state index contributed by atoms with van der Waals surface area (Å²) in [4.78, 5) is 0. The molecule has 1 aliphatic heterocycles. The van der Waals surface area contributed by atoms with Gasteiger partial charge in [-0.1, -0.05) is 28.1 Å². The zero-order valence-electron chi connectivity index (χ0n) is 11.5. The van der Waals surface area contributed by atoms with Crippen molar-refractivity contribution >= 4 is 15.9 Å². The van der Waals surface area contributed by atoms with Gasteiger partial charge in [-0.2, -0.15) is 0 Å². The smallest absolute Gasteiger partial charge is 0.231 e. The van der Waals surface area contributed by atoms with Crippen molar-refractivity contribution in [2.24, 2.45) is 0 Å². The third kappa shape index (κ3) is 3.04. The van der Waals surface area contributed by atoms with Gasteiger partial charge in [0.2, 0.25) is 6.79 Å². The number of halogens is 2. The number of hydrogen-bond acceptors (Lipinski definition) is 3. The maximum absolute atomic E-state index is 13.9. The second-order valence-corrected chi connectivity index (χ2v) is 5.84. The first-order valence-corrected chi connectivity index (χ1v) is 7.50. The van der Waals surface area contributed by atoms with Crippen LogP contribution in [0.4, 0.5) is 4.39 Å². The van der Waals surface area contributed by atoms with E-state index in [1.165, 1.54) is 6.07 Å². The largest absolute Gasteiger partial charge is 0.454 e. The highest BCUT2D eigenvalue weighted by atomic mass is 79.9. The number of nitrogens with one attached hydrogen (secondary N) is 1. The third-order valence-electron chi connectivity index (χ3n) is 3.50. The fourth-order valence-electron chi connectivity index (χ4n) is 2.35. The zero-order valence-corrected chi connectivity index (χ0v) is 13.1. The van der Waals surface area contributed by atoms with E-state index in [0.29, 0.717) is 12.1 Å². The summed E-state index contributed by atoms with van der Waals surface area (Å²) < 4.78 is 25.5. The Hall–Kier alpha value is -1.59. The highest BCUT2D eigenvalue weighted by molar-refractivity contribution is 9.10. The molecule has 5 heteroatoms. The van der Waals surface area contributed by atoms with Crippen molar-refractivity contribution in [2.45, 2.75) is 19.5 Å². The molecule has 1 atom stereocenters. The van der Waals surface area contributed by atoms with Crippen LogP contribution in [0.2, 0.25) is 0 Å². The molecule has 0 saturated carbocycles. The molecule has 21 heavy (non-hydrogen) atoms. The summed E-state index contributed by atoms with van der Waals surface area (Å²) in [5, 5.41) is 3.32. The molecule has 0 bridgehead atoms. The van der Waals surface area contributed by atoms with Gasteiger partial charge >= 0.3 is 0 Å². The maximum Gasteiger partial charge on any atom is 0.231 e. The van der Waals surface area contributed by atoms with E-state index in [4.69, 9.17) is 9.47 Å². The minimum absolute atomic E-state index is 0.110. The van der Waals surface area contributed by atoms with E-state index in [9.17, 15) is 4.39 Å². The van der Waals surface area contributed by atoms with Crippen molar-refractivity contribution in [1.82, 2.24) is 5.32 Å². The molecule has 110 valence electrons. The monoisotopic (exact) mass is 351 g/mol. The van der Waals surface area contributed by atoms with Crippen LogP contribution in [0.3, 0.4) is 0 Å². The molecule has 1 heterocycles. The van der Waals surface area contributed by atoms with Crippen molar-refractivity contribution in [2.75, 3.05) is 6.79 Å². The Morgan fingerprint density at radius 1 is 1.29 bits per heavy atom. The predicted octanol–water partition coefficient (Wildman–Crippen LogP) is 4.17. The SMILES string of the molecule is CC(NCc1cccc2c1OCO2)c1cc(Br)ccc1F. The summed E-state index contributed by atoms with van der Waals surface area (Å²) in [6, 6.07) is 10.6. The first-order chi connectivity index (χ1) is 10.1. The van der Waals surface area contributed by atoms with Crippen molar-refractivity contribution in [3.63, 3.8) is 0 Å². The lowest BCUT2D eigenvalue weighted by Gasteiger charge is -2.16. The maximum atomic E-state index is 13.9. The first-order valence-electron chi connectivity index (χ1n) is 6.71. The summed E-state index contributed by atoms with van der Waals surface area (Å²) in [6.07, 6.45) is 0. The van der Waals surface area contributed by atoms with Gasteiger partial charge in [-0.15, -0.1) is 0 Å². The number of hydrogen-bond donors (Lipinski definition) is 1. The number of rotatable bonds is 4. The molecular formula is C16H15BrFNO2. The lowest BCUT2D eigenvalue weighted by Crippen LogP contribution is -2.19. The van der Waals surface area contributed by atoms with E-state index in [2.05, 4.69) is 21.2 Å². The van der Waals surface area contributed by atoms with Crippen molar-refractivity contribution in [1.29, 1.82) is 0 Å². The Bertz CT molecular complexity index is 663. The molecule has 3 rings (SSSR count). The Kier molecular flexibility index (Phi) is 4.12. The molecule has 1 N–H and O–H groups in total. The van der Waals surface area contributed by atoms with E-state index in [1.54, 1.807) is 12.1 Å². The fraction of sp³-hybridized carbons (Fsp3) is 0.250. The minimum Gasteiger partial charge on any atom is -0.454 e. The van der Waals surface area contributed by atoms with Gasteiger partial charge in [-0.05, 0) is 31.2 Å². The van der Waals surface area contributed by atoms with E-state index < -0.39 is 0 Å². The van der Waals surface area contributed by atoms with E-state index >= 15 is 0 Å². The molecule has 2 aromatic carbocycles. The first kappa shape index (κ1) is 14.4. The van der Waals surface area contributed by atoms with Gasteiger partial charge < -0.3 is 14.8 Å². The van der Waals surface area contributed by atoms with Crippen LogP contribution in [0.25, 0.3) is 0 Å². The van der Waals surface area contributed by atoms with Crippen LogP contribution in [0.5, 0.6) is 11.5 Å². The molecular weight excluding hydrogens is 337 g/mol. The van der Waals surface area contributed by atoms with Crippen molar-refractivity contribution < 1.29 is 13.9 Å². The Morgan fingerprint density at radius 3 is 3.00 bits per heavy atom. The van der Waals surface area contributed by atoms with Gasteiger partial charge in [-0.25, -0.2) is 4.39 Å². The second kappa shape index (κ2) is 6.03. The topological polar surface area (TPSA) is 30.5 Å². The average Bonchev–Trinajstić information content (AvgIpc) is 2.96. The van der Waals surface area contributed by atoms with E-state index in [0.717, 1.165) is 21.5 Å². The molecule has 2 aromatic rings. The molecule has 0 spiro atoms. The van der Waals surface area contributed by atoms with Gasteiger partial charge in [-0.3, -0.25) is 0 Å². The van der Waals surface area contributed by atoms with Crippen molar-refractivity contribution in [3.8, 4) is 11.5 Å². The number of ether oxygens (including phenoxy) is 2. The van der Waals surface area contributed by atoms with Gasteiger partial charge in [0, 0.05) is 28.2 Å². The zero-order chi connectivity index (χ0) is 14.8. The molecule has 0 aromatic heterocycles. The molecule has 0 fully saturated rings. The standard InChI is InChI=1S/C16H15BrFNO2/c1-10(13-7-12(17)5-6-14(13)18)19-8-11-3-2-4-15-16(11)21-9-20-15/h2-7,10,19H,8-9H2,1H3. The lowest BCUT2D eigenvalue weighted by molar-refractivity contribution is 0.173. The van der Waals surface area contributed by atoms with Crippen LogP contribution in [-0.4, -0.2) is 6.79 Å². The molecule has 0 saturated heterocycles. The van der Waals surface area contributed by atoms with E-state index in [-0.39, 0.29) is 18.7 Å². The fourth-order valence-corrected chi connectivity index (χ4v) is 2.73. The van der Waals surface area contributed by atoms with Crippen LogP contribution in [-0.2, 0) is 6.54 Å². The quantitative estimate of drug-likeness (QED) is 0.896. The molecule has 0 radical (unpaired) electrons. The molecule has 3 nitrogen and oxygen atoms in total. The normalized spacial score (nSPS) is 14.2. The Morgan fingerprint density at radius 2 is 2.14 bits per heavy atom. The summed E-state index contributed by atoms with van der Waals surface area (Å²) in [5.41, 5.74) is 1.64. The Labute approximate surface area is 131 Å². The lowest BCUT2D eigenvalue weighted by atomic mass is 10.1. The van der Waals surface area contributed by atoms with Gasteiger partial charge in [0.25, 0.3) is 0 Å². The molecule has 1 aliphatic rings.